The minimum Gasteiger partial charge on any atom is -0.312 e. The molecule has 0 atom stereocenters. The number of hydrogen-bond acceptors (Lipinski definition) is 5. The summed E-state index contributed by atoms with van der Waals surface area (Å²) in [5.41, 5.74) is 2.11. The molecule has 0 unspecified atom stereocenters. The van der Waals surface area contributed by atoms with Gasteiger partial charge in [0, 0.05) is 23.9 Å². The zero-order valence-electron chi connectivity index (χ0n) is 14.0. The molecule has 0 saturated carbocycles. The quantitative estimate of drug-likeness (QED) is 0.449. The smallest absolute Gasteiger partial charge is 0.214 e. The minimum absolute atomic E-state index is 0. The number of benzene rings is 2. The Balaban J connectivity index is 0.00000243. The van der Waals surface area contributed by atoms with Gasteiger partial charge in [-0.3, -0.25) is 0 Å². The molecular weight excluding hydrogens is 389 g/mol. The van der Waals surface area contributed by atoms with E-state index in [1.54, 1.807) is 16.4 Å². The highest BCUT2D eigenvalue weighted by Crippen LogP contribution is 2.17. The number of hydrogen-bond donors (Lipinski definition) is 1. The Morgan fingerprint density at radius 2 is 1.85 bits per heavy atom. The molecule has 3 aromatic rings. The van der Waals surface area contributed by atoms with E-state index in [1.165, 1.54) is 0 Å². The van der Waals surface area contributed by atoms with E-state index in [2.05, 4.69) is 33.0 Å². The van der Waals surface area contributed by atoms with E-state index in [0.29, 0.717) is 0 Å². The van der Waals surface area contributed by atoms with Crippen LogP contribution in [0.15, 0.2) is 65.8 Å². The van der Waals surface area contributed by atoms with Crippen LogP contribution in [-0.4, -0.2) is 39.0 Å². The van der Waals surface area contributed by atoms with Crippen LogP contribution >= 0.6 is 35.8 Å². The van der Waals surface area contributed by atoms with Crippen LogP contribution in [0.3, 0.4) is 0 Å². The predicted molar refractivity (Wildman–Crippen MR) is 110 cm³/mol. The number of rotatable bonds is 8. The molecule has 0 amide bonds. The van der Waals surface area contributed by atoms with E-state index in [1.807, 2.05) is 54.6 Å². The van der Waals surface area contributed by atoms with E-state index in [-0.39, 0.29) is 12.4 Å². The minimum atomic E-state index is 0. The lowest BCUT2D eigenvalue weighted by Crippen LogP contribution is -2.17. The molecule has 0 aliphatic carbocycles. The molecule has 3 rings (SSSR count). The standard InChI is InChI=1S/C18H18ClN5S.ClH/c19-16-10-8-15(9-11-16)5-4-12-20-13-14-25-18-21-22-23-24(18)17-6-2-1-3-7-17;/h1-11,20H,12-14H2;1H. The van der Waals surface area contributed by atoms with Gasteiger partial charge in [0.25, 0.3) is 0 Å². The molecule has 26 heavy (non-hydrogen) atoms. The van der Waals surface area contributed by atoms with Crippen LogP contribution < -0.4 is 5.32 Å². The number of nitrogens with one attached hydrogen (secondary N) is 1. The van der Waals surface area contributed by atoms with Crippen molar-refractivity contribution < 1.29 is 0 Å². The lowest BCUT2D eigenvalue weighted by Gasteiger charge is -2.04. The van der Waals surface area contributed by atoms with Gasteiger partial charge >= 0.3 is 0 Å². The van der Waals surface area contributed by atoms with Gasteiger partial charge in [-0.05, 0) is 40.3 Å². The average Bonchev–Trinajstić information content (AvgIpc) is 3.12. The van der Waals surface area contributed by atoms with E-state index < -0.39 is 0 Å². The third-order valence-corrected chi connectivity index (χ3v) is 4.57. The summed E-state index contributed by atoms with van der Waals surface area (Å²) in [6.45, 7) is 1.68. The molecule has 1 aromatic heterocycles. The summed E-state index contributed by atoms with van der Waals surface area (Å²) in [6, 6.07) is 17.7. The monoisotopic (exact) mass is 407 g/mol. The van der Waals surface area contributed by atoms with Gasteiger partial charge in [0.05, 0.1) is 5.69 Å². The van der Waals surface area contributed by atoms with Crippen LogP contribution in [0.1, 0.15) is 5.56 Å². The molecule has 1 N–H and O–H groups in total. The molecule has 8 heteroatoms. The van der Waals surface area contributed by atoms with Crippen molar-refractivity contribution >= 4 is 41.8 Å². The fourth-order valence-corrected chi connectivity index (χ4v) is 3.08. The molecule has 0 aliphatic heterocycles. The van der Waals surface area contributed by atoms with Crippen molar-refractivity contribution in [2.75, 3.05) is 18.8 Å². The van der Waals surface area contributed by atoms with E-state index >= 15 is 0 Å². The zero-order chi connectivity index (χ0) is 17.3. The van der Waals surface area contributed by atoms with Crippen molar-refractivity contribution in [2.24, 2.45) is 0 Å². The Labute approximate surface area is 168 Å². The average molecular weight is 408 g/mol. The maximum atomic E-state index is 5.87. The van der Waals surface area contributed by atoms with E-state index in [4.69, 9.17) is 11.6 Å². The molecule has 2 aromatic carbocycles. The van der Waals surface area contributed by atoms with Crippen molar-refractivity contribution in [3.63, 3.8) is 0 Å². The third kappa shape index (κ3) is 6.14. The maximum absolute atomic E-state index is 5.87. The summed E-state index contributed by atoms with van der Waals surface area (Å²) >= 11 is 7.50. The second-order valence-corrected chi connectivity index (χ2v) is 6.71. The molecule has 0 spiro atoms. The van der Waals surface area contributed by atoms with E-state index in [9.17, 15) is 0 Å². The Bertz CT molecular complexity index is 806. The first kappa shape index (κ1) is 20.5. The van der Waals surface area contributed by atoms with Crippen molar-refractivity contribution in [3.05, 3.63) is 71.3 Å². The largest absolute Gasteiger partial charge is 0.312 e. The van der Waals surface area contributed by atoms with Crippen molar-refractivity contribution in [1.29, 1.82) is 0 Å². The van der Waals surface area contributed by atoms with Gasteiger partial charge < -0.3 is 5.32 Å². The second-order valence-electron chi connectivity index (χ2n) is 5.22. The highest BCUT2D eigenvalue weighted by molar-refractivity contribution is 7.99. The normalized spacial score (nSPS) is 10.8. The van der Waals surface area contributed by atoms with Crippen LogP contribution in [0.4, 0.5) is 0 Å². The van der Waals surface area contributed by atoms with Crippen LogP contribution in [-0.2, 0) is 0 Å². The number of aromatic nitrogens is 4. The Morgan fingerprint density at radius 1 is 1.08 bits per heavy atom. The molecule has 5 nitrogen and oxygen atoms in total. The summed E-state index contributed by atoms with van der Waals surface area (Å²) in [4.78, 5) is 0. The summed E-state index contributed by atoms with van der Waals surface area (Å²) in [6.07, 6.45) is 4.17. The number of para-hydroxylation sites is 1. The molecule has 0 fully saturated rings. The van der Waals surface area contributed by atoms with Crippen LogP contribution in [0.5, 0.6) is 0 Å². The first-order chi connectivity index (χ1) is 12.3. The van der Waals surface area contributed by atoms with Crippen molar-refractivity contribution in [3.8, 4) is 5.69 Å². The predicted octanol–water partition coefficient (Wildman–Crippen LogP) is 4.13. The van der Waals surface area contributed by atoms with Gasteiger partial charge in [-0.2, -0.15) is 4.68 Å². The summed E-state index contributed by atoms with van der Waals surface area (Å²) in [5, 5.41) is 16.8. The Morgan fingerprint density at radius 3 is 2.62 bits per heavy atom. The van der Waals surface area contributed by atoms with Crippen LogP contribution in [0, 0.1) is 0 Å². The number of halogens is 2. The summed E-state index contributed by atoms with van der Waals surface area (Å²) < 4.78 is 1.76. The zero-order valence-corrected chi connectivity index (χ0v) is 16.3. The van der Waals surface area contributed by atoms with Gasteiger partial charge in [-0.25, -0.2) is 0 Å². The first-order valence-corrected chi connectivity index (χ1v) is 9.29. The lowest BCUT2D eigenvalue weighted by atomic mass is 10.2. The molecular formula is C18H19Cl2N5S. The summed E-state index contributed by atoms with van der Waals surface area (Å²) in [5.74, 6) is 0.891. The maximum Gasteiger partial charge on any atom is 0.214 e. The highest BCUT2D eigenvalue weighted by atomic mass is 35.5. The Kier molecular flexibility index (Phi) is 8.64. The van der Waals surface area contributed by atoms with Gasteiger partial charge in [-0.15, -0.1) is 17.5 Å². The van der Waals surface area contributed by atoms with Gasteiger partial charge in [0.15, 0.2) is 0 Å². The molecule has 136 valence electrons. The molecule has 0 aliphatic rings. The second kappa shape index (κ2) is 11.0. The fraction of sp³-hybridized carbons (Fsp3) is 0.167. The van der Waals surface area contributed by atoms with Crippen molar-refractivity contribution in [2.45, 2.75) is 5.16 Å². The Hall–Kier alpha value is -1.86. The molecule has 0 radical (unpaired) electrons. The summed E-state index contributed by atoms with van der Waals surface area (Å²) in [7, 11) is 0. The van der Waals surface area contributed by atoms with Crippen molar-refractivity contribution in [1.82, 2.24) is 25.5 Å². The molecule has 0 bridgehead atoms. The molecule has 1 heterocycles. The van der Waals surface area contributed by atoms with Gasteiger partial charge in [0.1, 0.15) is 0 Å². The number of thioether (sulfide) groups is 1. The van der Waals surface area contributed by atoms with Crippen LogP contribution in [0.2, 0.25) is 5.02 Å². The molecule has 0 saturated heterocycles. The highest BCUT2D eigenvalue weighted by Gasteiger charge is 2.07. The lowest BCUT2D eigenvalue weighted by molar-refractivity contribution is 0.754. The van der Waals surface area contributed by atoms with Gasteiger partial charge in [-0.1, -0.05) is 65.8 Å². The third-order valence-electron chi connectivity index (χ3n) is 3.39. The van der Waals surface area contributed by atoms with Crippen LogP contribution in [0.25, 0.3) is 11.8 Å². The topological polar surface area (TPSA) is 55.6 Å². The van der Waals surface area contributed by atoms with Gasteiger partial charge in [0.2, 0.25) is 5.16 Å². The number of tetrazole rings is 1. The first-order valence-electron chi connectivity index (χ1n) is 7.92. The van der Waals surface area contributed by atoms with E-state index in [0.717, 1.165) is 40.3 Å². The number of nitrogens with zero attached hydrogens (tertiary/aromatic N) is 4. The SMILES string of the molecule is Cl.Clc1ccc(C=CCNCCSc2nnnn2-c2ccccc2)cc1. The fourth-order valence-electron chi connectivity index (χ4n) is 2.17.